The molecule has 1 heteroatoms. The second-order valence-corrected chi connectivity index (χ2v) is 4.60. The lowest BCUT2D eigenvalue weighted by Gasteiger charge is -2.11. The lowest BCUT2D eigenvalue weighted by molar-refractivity contribution is 0.477. The Morgan fingerprint density at radius 3 is 2.45 bits per heavy atom. The van der Waals surface area contributed by atoms with Gasteiger partial charge in [0.15, 0.2) is 0 Å². The fraction of sp³-hybridized carbons (Fsp3) is 0.0526. The summed E-state index contributed by atoms with van der Waals surface area (Å²) in [6, 6.07) is 19.7. The van der Waals surface area contributed by atoms with Crippen LogP contribution in [-0.2, 0) is 0 Å². The van der Waals surface area contributed by atoms with E-state index in [9.17, 15) is 5.11 Å². The van der Waals surface area contributed by atoms with Crippen molar-refractivity contribution in [3.05, 3.63) is 66.2 Å². The maximum atomic E-state index is 10.3. The summed E-state index contributed by atoms with van der Waals surface area (Å²) >= 11 is 0. The molecule has 0 spiro atoms. The van der Waals surface area contributed by atoms with E-state index in [1.54, 1.807) is 13.0 Å². The van der Waals surface area contributed by atoms with Crippen molar-refractivity contribution in [1.29, 1.82) is 0 Å². The van der Waals surface area contributed by atoms with Gasteiger partial charge in [-0.25, -0.2) is 0 Å². The van der Waals surface area contributed by atoms with Crippen LogP contribution < -0.4 is 0 Å². The molecule has 0 fully saturated rings. The number of fused-ring (bicyclic) bond motifs is 1. The summed E-state index contributed by atoms with van der Waals surface area (Å²) in [5, 5.41) is 12.5. The van der Waals surface area contributed by atoms with E-state index in [0.717, 1.165) is 27.5 Å². The lowest BCUT2D eigenvalue weighted by atomic mass is 9.94. The molecule has 20 heavy (non-hydrogen) atoms. The summed E-state index contributed by atoms with van der Waals surface area (Å²) in [5.74, 6) is 6.24. The number of hydrogen-bond donors (Lipinski definition) is 1. The van der Waals surface area contributed by atoms with Crippen molar-refractivity contribution in [3.63, 3.8) is 0 Å². The van der Waals surface area contributed by atoms with E-state index in [-0.39, 0.29) is 5.75 Å². The summed E-state index contributed by atoms with van der Waals surface area (Å²) in [5.41, 5.74) is 2.67. The highest BCUT2D eigenvalue weighted by Crippen LogP contribution is 2.36. The Morgan fingerprint density at radius 1 is 0.850 bits per heavy atom. The standard InChI is InChI=1S/C19H14O/c1-2-7-15-10-6-13-18(20)19(15)17-12-5-9-14-8-3-4-11-16(14)17/h3-6,8-13,20H,1H3. The largest absolute Gasteiger partial charge is 0.507 e. The van der Waals surface area contributed by atoms with Crippen molar-refractivity contribution in [3.8, 4) is 28.7 Å². The zero-order valence-electron chi connectivity index (χ0n) is 11.2. The first-order valence-corrected chi connectivity index (χ1v) is 6.54. The quantitative estimate of drug-likeness (QED) is 0.633. The minimum atomic E-state index is 0.265. The Kier molecular flexibility index (Phi) is 3.15. The lowest BCUT2D eigenvalue weighted by Crippen LogP contribution is -1.87. The van der Waals surface area contributed by atoms with Gasteiger partial charge in [0.2, 0.25) is 0 Å². The molecule has 0 aliphatic heterocycles. The summed E-state index contributed by atoms with van der Waals surface area (Å²) in [4.78, 5) is 0. The Balaban J connectivity index is 2.39. The van der Waals surface area contributed by atoms with E-state index >= 15 is 0 Å². The molecule has 1 nitrogen and oxygen atoms in total. The van der Waals surface area contributed by atoms with Crippen molar-refractivity contribution in [2.75, 3.05) is 0 Å². The molecule has 3 rings (SSSR count). The molecule has 0 amide bonds. The third-order valence-electron chi connectivity index (χ3n) is 3.36. The maximum Gasteiger partial charge on any atom is 0.124 e. The van der Waals surface area contributed by atoms with Crippen molar-refractivity contribution < 1.29 is 5.11 Å². The molecular formula is C19H14O. The first-order valence-electron chi connectivity index (χ1n) is 6.54. The summed E-state index contributed by atoms with van der Waals surface area (Å²) in [7, 11) is 0. The molecule has 3 aromatic rings. The Bertz CT molecular complexity index is 830. The van der Waals surface area contributed by atoms with Crippen molar-refractivity contribution in [2.24, 2.45) is 0 Å². The van der Waals surface area contributed by atoms with E-state index in [0.29, 0.717) is 0 Å². The topological polar surface area (TPSA) is 20.2 Å². The fourth-order valence-electron chi connectivity index (χ4n) is 2.51. The Morgan fingerprint density at radius 2 is 1.60 bits per heavy atom. The zero-order valence-corrected chi connectivity index (χ0v) is 11.2. The summed E-state index contributed by atoms with van der Waals surface area (Å²) in [6.45, 7) is 1.80. The van der Waals surface area contributed by atoms with Crippen LogP contribution in [0.15, 0.2) is 60.7 Å². The maximum absolute atomic E-state index is 10.3. The van der Waals surface area contributed by atoms with Crippen molar-refractivity contribution in [1.82, 2.24) is 0 Å². The SMILES string of the molecule is CC#Cc1cccc(O)c1-c1cccc2ccccc12. The number of phenolic OH excluding ortho intramolecular Hbond substituents is 1. The molecule has 1 N–H and O–H groups in total. The minimum Gasteiger partial charge on any atom is -0.507 e. The molecule has 0 unspecified atom stereocenters. The highest BCUT2D eigenvalue weighted by molar-refractivity contribution is 5.99. The van der Waals surface area contributed by atoms with Gasteiger partial charge in [0.1, 0.15) is 5.75 Å². The molecule has 0 aliphatic carbocycles. The number of aromatic hydroxyl groups is 1. The van der Waals surface area contributed by atoms with Crippen LogP contribution in [0.5, 0.6) is 5.75 Å². The first kappa shape index (κ1) is 12.3. The number of hydrogen-bond acceptors (Lipinski definition) is 1. The van der Waals surface area contributed by atoms with E-state index in [1.165, 1.54) is 0 Å². The second kappa shape index (κ2) is 5.11. The zero-order chi connectivity index (χ0) is 13.9. The van der Waals surface area contributed by atoms with E-state index in [1.807, 2.05) is 36.4 Å². The van der Waals surface area contributed by atoms with E-state index in [2.05, 4.69) is 30.0 Å². The van der Waals surface area contributed by atoms with Gasteiger partial charge in [-0.15, -0.1) is 5.92 Å². The predicted molar refractivity (Wildman–Crippen MR) is 83.6 cm³/mol. The average Bonchev–Trinajstić information content (AvgIpc) is 2.48. The molecular weight excluding hydrogens is 244 g/mol. The van der Waals surface area contributed by atoms with Crippen molar-refractivity contribution in [2.45, 2.75) is 6.92 Å². The number of phenols is 1. The van der Waals surface area contributed by atoms with E-state index in [4.69, 9.17) is 0 Å². The van der Waals surface area contributed by atoms with Crippen LogP contribution in [0.25, 0.3) is 21.9 Å². The Hall–Kier alpha value is -2.72. The predicted octanol–water partition coefficient (Wildman–Crippen LogP) is 4.58. The van der Waals surface area contributed by atoms with Gasteiger partial charge in [0.25, 0.3) is 0 Å². The van der Waals surface area contributed by atoms with Crippen LogP contribution in [0.2, 0.25) is 0 Å². The van der Waals surface area contributed by atoms with Crippen LogP contribution in [0, 0.1) is 11.8 Å². The molecule has 96 valence electrons. The van der Waals surface area contributed by atoms with Gasteiger partial charge < -0.3 is 5.11 Å². The normalized spacial score (nSPS) is 10.1. The monoisotopic (exact) mass is 258 g/mol. The van der Waals surface area contributed by atoms with Gasteiger partial charge in [0, 0.05) is 11.1 Å². The molecule has 0 heterocycles. The fourth-order valence-corrected chi connectivity index (χ4v) is 2.51. The molecule has 0 saturated carbocycles. The van der Waals surface area contributed by atoms with Gasteiger partial charge in [-0.3, -0.25) is 0 Å². The smallest absolute Gasteiger partial charge is 0.124 e. The van der Waals surface area contributed by atoms with E-state index < -0.39 is 0 Å². The van der Waals surface area contributed by atoms with Crippen LogP contribution in [0.4, 0.5) is 0 Å². The van der Waals surface area contributed by atoms with Crippen molar-refractivity contribution >= 4 is 10.8 Å². The van der Waals surface area contributed by atoms with Gasteiger partial charge in [-0.2, -0.15) is 0 Å². The minimum absolute atomic E-state index is 0.265. The van der Waals surface area contributed by atoms with Gasteiger partial charge >= 0.3 is 0 Å². The third kappa shape index (κ3) is 2.02. The van der Waals surface area contributed by atoms with Crippen LogP contribution in [0.1, 0.15) is 12.5 Å². The highest BCUT2D eigenvalue weighted by atomic mass is 16.3. The molecule has 0 saturated heterocycles. The van der Waals surface area contributed by atoms with Crippen LogP contribution in [-0.4, -0.2) is 5.11 Å². The molecule has 0 bridgehead atoms. The highest BCUT2D eigenvalue weighted by Gasteiger charge is 2.11. The Labute approximate surface area is 118 Å². The third-order valence-corrected chi connectivity index (χ3v) is 3.36. The molecule has 3 aromatic carbocycles. The molecule has 0 radical (unpaired) electrons. The number of rotatable bonds is 1. The van der Waals surface area contributed by atoms with Crippen LogP contribution >= 0.6 is 0 Å². The number of benzene rings is 3. The molecule has 0 aromatic heterocycles. The molecule has 0 aliphatic rings. The van der Waals surface area contributed by atoms with Gasteiger partial charge in [0.05, 0.1) is 0 Å². The van der Waals surface area contributed by atoms with Gasteiger partial charge in [-0.05, 0) is 35.4 Å². The summed E-state index contributed by atoms with van der Waals surface area (Å²) in [6.07, 6.45) is 0. The second-order valence-electron chi connectivity index (χ2n) is 4.60. The van der Waals surface area contributed by atoms with Gasteiger partial charge in [-0.1, -0.05) is 54.5 Å². The summed E-state index contributed by atoms with van der Waals surface area (Å²) < 4.78 is 0. The van der Waals surface area contributed by atoms with Crippen LogP contribution in [0.3, 0.4) is 0 Å². The molecule has 0 atom stereocenters. The average molecular weight is 258 g/mol. The first-order chi connectivity index (χ1) is 9.81.